The van der Waals surface area contributed by atoms with E-state index in [1.807, 2.05) is 18.2 Å². The summed E-state index contributed by atoms with van der Waals surface area (Å²) in [5, 5.41) is 9.14. The number of carboxylic acids is 1. The number of hydrogen-bond acceptors (Lipinski definition) is 2. The maximum absolute atomic E-state index is 11.1. The van der Waals surface area contributed by atoms with Gasteiger partial charge in [0, 0.05) is 7.11 Å². The summed E-state index contributed by atoms with van der Waals surface area (Å²) in [5.74, 6) is -0.870. The van der Waals surface area contributed by atoms with Crippen LogP contribution in [0.15, 0.2) is 30.3 Å². The summed E-state index contributed by atoms with van der Waals surface area (Å²) in [7, 11) is 1.50. The molecule has 0 saturated carbocycles. The Hall–Kier alpha value is -1.35. The van der Waals surface area contributed by atoms with E-state index in [1.54, 1.807) is 19.1 Å². The minimum atomic E-state index is -0.962. The van der Waals surface area contributed by atoms with Gasteiger partial charge in [0.25, 0.3) is 0 Å². The number of hydrogen-bond donors (Lipinski definition) is 1. The molecule has 1 rings (SSSR count). The predicted molar refractivity (Wildman–Crippen MR) is 53.3 cm³/mol. The zero-order chi connectivity index (χ0) is 10.6. The maximum Gasteiger partial charge on any atom is 0.316 e. The molecular weight excluding hydrogens is 180 g/mol. The molecule has 0 bridgehead atoms. The Kier molecular flexibility index (Phi) is 3.25. The Labute approximate surface area is 83.3 Å². The van der Waals surface area contributed by atoms with Crippen molar-refractivity contribution in [3.8, 4) is 0 Å². The van der Waals surface area contributed by atoms with Gasteiger partial charge in [-0.2, -0.15) is 0 Å². The number of benzene rings is 1. The summed E-state index contributed by atoms with van der Waals surface area (Å²) >= 11 is 0. The van der Waals surface area contributed by atoms with Crippen molar-refractivity contribution in [2.24, 2.45) is 0 Å². The van der Waals surface area contributed by atoms with Crippen LogP contribution < -0.4 is 0 Å². The first-order chi connectivity index (χ1) is 6.61. The molecule has 1 aromatic carbocycles. The van der Waals surface area contributed by atoms with Crippen LogP contribution in [0.1, 0.15) is 12.5 Å². The number of carbonyl (C=O) groups is 1. The molecule has 0 saturated heterocycles. The van der Waals surface area contributed by atoms with Crippen LogP contribution in [0.5, 0.6) is 0 Å². The molecule has 0 aliphatic carbocycles. The second-order valence-electron chi connectivity index (χ2n) is 3.44. The van der Waals surface area contributed by atoms with Gasteiger partial charge in [0.15, 0.2) is 0 Å². The monoisotopic (exact) mass is 194 g/mol. The average molecular weight is 194 g/mol. The Morgan fingerprint density at radius 3 is 2.43 bits per heavy atom. The van der Waals surface area contributed by atoms with Gasteiger partial charge in [0.2, 0.25) is 0 Å². The van der Waals surface area contributed by atoms with E-state index in [2.05, 4.69) is 0 Å². The predicted octanol–water partition coefficient (Wildman–Crippen LogP) is 1.68. The van der Waals surface area contributed by atoms with E-state index in [1.165, 1.54) is 7.11 Å². The summed E-state index contributed by atoms with van der Waals surface area (Å²) < 4.78 is 4.94. The fourth-order valence-corrected chi connectivity index (χ4v) is 1.36. The molecule has 0 heterocycles. The van der Waals surface area contributed by atoms with Crippen molar-refractivity contribution >= 4 is 5.97 Å². The second kappa shape index (κ2) is 4.24. The summed E-state index contributed by atoms with van der Waals surface area (Å²) in [6, 6.07) is 9.11. The van der Waals surface area contributed by atoms with Gasteiger partial charge in [-0.3, -0.25) is 4.79 Å². The number of ether oxygens (including phenoxy) is 1. The lowest BCUT2D eigenvalue weighted by molar-refractivity contribution is -0.145. The molecule has 0 spiro atoms. The quantitative estimate of drug-likeness (QED) is 0.793. The fourth-order valence-electron chi connectivity index (χ4n) is 1.36. The number of methoxy groups -OCH3 is 1. The Balaban J connectivity index is 3.06. The van der Waals surface area contributed by atoms with Gasteiger partial charge in [-0.1, -0.05) is 30.3 Å². The Bertz CT molecular complexity index is 308. The molecule has 0 radical (unpaired) electrons. The SMILES string of the molecule is COC[C@@](C)(C(=O)O)c1ccccc1. The lowest BCUT2D eigenvalue weighted by atomic mass is 9.83. The van der Waals surface area contributed by atoms with Gasteiger partial charge < -0.3 is 9.84 Å². The smallest absolute Gasteiger partial charge is 0.316 e. The third kappa shape index (κ3) is 1.93. The first-order valence-electron chi connectivity index (χ1n) is 4.39. The van der Waals surface area contributed by atoms with Crippen molar-refractivity contribution < 1.29 is 14.6 Å². The topological polar surface area (TPSA) is 46.5 Å². The van der Waals surface area contributed by atoms with Crippen LogP contribution in [0.25, 0.3) is 0 Å². The molecule has 3 nitrogen and oxygen atoms in total. The van der Waals surface area contributed by atoms with E-state index in [0.29, 0.717) is 0 Å². The highest BCUT2D eigenvalue weighted by Gasteiger charge is 2.34. The van der Waals surface area contributed by atoms with E-state index in [9.17, 15) is 4.79 Å². The largest absolute Gasteiger partial charge is 0.481 e. The van der Waals surface area contributed by atoms with Crippen molar-refractivity contribution in [3.05, 3.63) is 35.9 Å². The molecule has 0 unspecified atom stereocenters. The molecule has 0 fully saturated rings. The molecule has 0 amide bonds. The highest BCUT2D eigenvalue weighted by Crippen LogP contribution is 2.24. The summed E-state index contributed by atoms with van der Waals surface area (Å²) in [6.45, 7) is 1.83. The first-order valence-corrected chi connectivity index (χ1v) is 4.39. The normalized spacial score (nSPS) is 14.7. The number of rotatable bonds is 4. The van der Waals surface area contributed by atoms with Crippen molar-refractivity contribution in [1.82, 2.24) is 0 Å². The number of carboxylic acid groups (broad SMARTS) is 1. The van der Waals surface area contributed by atoms with Crippen LogP contribution in [0.2, 0.25) is 0 Å². The zero-order valence-corrected chi connectivity index (χ0v) is 8.36. The van der Waals surface area contributed by atoms with Crippen LogP contribution >= 0.6 is 0 Å². The van der Waals surface area contributed by atoms with Crippen molar-refractivity contribution in [3.63, 3.8) is 0 Å². The van der Waals surface area contributed by atoms with E-state index >= 15 is 0 Å². The van der Waals surface area contributed by atoms with Gasteiger partial charge in [-0.15, -0.1) is 0 Å². The van der Waals surface area contributed by atoms with Crippen molar-refractivity contribution in [2.45, 2.75) is 12.3 Å². The molecule has 76 valence electrons. The van der Waals surface area contributed by atoms with E-state index < -0.39 is 11.4 Å². The third-order valence-electron chi connectivity index (χ3n) is 2.32. The summed E-state index contributed by atoms with van der Waals surface area (Å²) in [5.41, 5.74) is -0.204. The standard InChI is InChI=1S/C11H14O3/c1-11(8-14-2,10(12)13)9-6-4-3-5-7-9/h3-7H,8H2,1-2H3,(H,12,13)/t11-/m1/s1. The lowest BCUT2D eigenvalue weighted by Crippen LogP contribution is -2.36. The van der Waals surface area contributed by atoms with Crippen molar-refractivity contribution in [2.75, 3.05) is 13.7 Å². The van der Waals surface area contributed by atoms with Crippen molar-refractivity contribution in [1.29, 1.82) is 0 Å². The molecule has 1 aromatic rings. The maximum atomic E-state index is 11.1. The average Bonchev–Trinajstić information content (AvgIpc) is 2.19. The highest BCUT2D eigenvalue weighted by atomic mass is 16.5. The highest BCUT2D eigenvalue weighted by molar-refractivity contribution is 5.81. The van der Waals surface area contributed by atoms with Gasteiger partial charge in [-0.05, 0) is 12.5 Å². The van der Waals surface area contributed by atoms with Gasteiger partial charge >= 0.3 is 5.97 Å². The Morgan fingerprint density at radius 1 is 1.43 bits per heavy atom. The third-order valence-corrected chi connectivity index (χ3v) is 2.32. The van der Waals surface area contributed by atoms with Gasteiger partial charge in [-0.25, -0.2) is 0 Å². The molecule has 14 heavy (non-hydrogen) atoms. The minimum Gasteiger partial charge on any atom is -0.481 e. The zero-order valence-electron chi connectivity index (χ0n) is 8.36. The number of aliphatic carboxylic acids is 1. The molecule has 1 atom stereocenters. The van der Waals surface area contributed by atoms with Gasteiger partial charge in [0.05, 0.1) is 6.61 Å². The molecule has 3 heteroatoms. The van der Waals surface area contributed by atoms with Crippen LogP contribution in [-0.4, -0.2) is 24.8 Å². The second-order valence-corrected chi connectivity index (χ2v) is 3.44. The first kappa shape index (κ1) is 10.7. The van der Waals surface area contributed by atoms with E-state index in [0.717, 1.165) is 5.56 Å². The molecule has 0 aromatic heterocycles. The molecule has 0 aliphatic heterocycles. The van der Waals surface area contributed by atoms with Crippen LogP contribution in [0.4, 0.5) is 0 Å². The van der Waals surface area contributed by atoms with Crippen LogP contribution in [0.3, 0.4) is 0 Å². The molecule has 0 aliphatic rings. The van der Waals surface area contributed by atoms with E-state index in [4.69, 9.17) is 9.84 Å². The fraction of sp³-hybridized carbons (Fsp3) is 0.364. The van der Waals surface area contributed by atoms with Gasteiger partial charge in [0.1, 0.15) is 5.41 Å². The Morgan fingerprint density at radius 2 is 2.00 bits per heavy atom. The summed E-state index contributed by atoms with van der Waals surface area (Å²) in [4.78, 5) is 11.1. The summed E-state index contributed by atoms with van der Waals surface area (Å²) in [6.07, 6.45) is 0. The molecular formula is C11H14O3. The minimum absolute atomic E-state index is 0.173. The lowest BCUT2D eigenvalue weighted by Gasteiger charge is -2.24. The van der Waals surface area contributed by atoms with Crippen LogP contribution in [-0.2, 0) is 14.9 Å². The molecule has 1 N–H and O–H groups in total. The van der Waals surface area contributed by atoms with E-state index in [-0.39, 0.29) is 6.61 Å². The van der Waals surface area contributed by atoms with Crippen LogP contribution in [0, 0.1) is 0 Å².